The lowest BCUT2D eigenvalue weighted by atomic mass is 9.78. The maximum Gasteiger partial charge on any atom is 0.0636 e. The van der Waals surface area contributed by atoms with Gasteiger partial charge in [-0.05, 0) is 33.6 Å². The average molecular weight is 242 g/mol. The third-order valence-corrected chi connectivity index (χ3v) is 4.64. The minimum atomic E-state index is 0.251. The fraction of sp³-hybridized carbons (Fsp3) is 0.692. The van der Waals surface area contributed by atoms with Crippen LogP contribution < -0.4 is 0 Å². The molecule has 0 unspecified atom stereocenters. The summed E-state index contributed by atoms with van der Waals surface area (Å²) in [5.74, 6) is 0. The Morgan fingerprint density at radius 1 is 1.00 bits per heavy atom. The molecule has 1 aromatic rings. The highest BCUT2D eigenvalue weighted by molar-refractivity contribution is 8.00. The summed E-state index contributed by atoms with van der Waals surface area (Å²) in [6.07, 6.45) is 2.17. The second-order valence-electron chi connectivity index (χ2n) is 6.02. The Morgan fingerprint density at radius 3 is 1.87 bits per heavy atom. The predicted molar refractivity (Wildman–Crippen MR) is 73.5 cm³/mol. The molecular formula is C13H22S2. The minimum absolute atomic E-state index is 0.251. The summed E-state index contributed by atoms with van der Waals surface area (Å²) >= 11 is 3.77. The molecule has 0 nitrogen and oxygen atoms in total. The molecule has 0 aliphatic rings. The van der Waals surface area contributed by atoms with E-state index in [1.165, 1.54) is 9.77 Å². The van der Waals surface area contributed by atoms with Crippen molar-refractivity contribution in [1.29, 1.82) is 0 Å². The maximum absolute atomic E-state index is 2.34. The Morgan fingerprint density at radius 2 is 1.53 bits per heavy atom. The quantitative estimate of drug-likeness (QED) is 0.620. The molecule has 0 spiro atoms. The third kappa shape index (κ3) is 2.79. The molecule has 0 aliphatic carbocycles. The van der Waals surface area contributed by atoms with Crippen molar-refractivity contribution in [3.05, 3.63) is 16.5 Å². The van der Waals surface area contributed by atoms with Gasteiger partial charge >= 0.3 is 0 Å². The van der Waals surface area contributed by atoms with Gasteiger partial charge in [0, 0.05) is 0 Å². The first-order valence-electron chi connectivity index (χ1n) is 5.34. The first-order chi connectivity index (χ1) is 6.68. The molecule has 0 saturated heterocycles. The van der Waals surface area contributed by atoms with Gasteiger partial charge in [0.05, 0.1) is 4.21 Å². The number of hydrogen-bond acceptors (Lipinski definition) is 2. The summed E-state index contributed by atoms with van der Waals surface area (Å²) in [5.41, 5.74) is 3.57. The van der Waals surface area contributed by atoms with E-state index < -0.39 is 0 Å². The summed E-state index contributed by atoms with van der Waals surface area (Å²) in [4.78, 5) is 0. The maximum atomic E-state index is 2.34. The molecule has 2 heteroatoms. The molecule has 15 heavy (non-hydrogen) atoms. The van der Waals surface area contributed by atoms with Gasteiger partial charge in [-0.3, -0.25) is 0 Å². The zero-order valence-electron chi connectivity index (χ0n) is 10.9. The van der Waals surface area contributed by atoms with Gasteiger partial charge in [0.25, 0.3) is 0 Å². The average Bonchev–Trinajstić information content (AvgIpc) is 2.44. The van der Waals surface area contributed by atoms with Crippen LogP contribution in [-0.2, 0) is 10.8 Å². The molecule has 0 amide bonds. The number of thiophene rings is 1. The molecular weight excluding hydrogens is 220 g/mol. The lowest BCUT2D eigenvalue weighted by Gasteiger charge is -2.27. The van der Waals surface area contributed by atoms with Gasteiger partial charge in [-0.15, -0.1) is 23.1 Å². The van der Waals surface area contributed by atoms with Crippen molar-refractivity contribution >= 4 is 23.1 Å². The highest BCUT2D eigenvalue weighted by atomic mass is 32.2. The van der Waals surface area contributed by atoms with E-state index >= 15 is 0 Å². The van der Waals surface area contributed by atoms with Gasteiger partial charge in [-0.25, -0.2) is 0 Å². The summed E-state index contributed by atoms with van der Waals surface area (Å²) in [6, 6.07) is 0. The van der Waals surface area contributed by atoms with Gasteiger partial charge in [-0.1, -0.05) is 41.5 Å². The standard InChI is InChI=1S/C13H22S2/c1-12(2,3)9-8-15-11(14-7)10(9)13(4,5)6/h8H,1-7H3. The van der Waals surface area contributed by atoms with Crippen LogP contribution in [0.1, 0.15) is 52.7 Å². The van der Waals surface area contributed by atoms with E-state index in [0.29, 0.717) is 0 Å². The largest absolute Gasteiger partial charge is 0.137 e. The minimum Gasteiger partial charge on any atom is -0.137 e. The lowest BCUT2D eigenvalue weighted by molar-refractivity contribution is 0.527. The summed E-state index contributed by atoms with van der Waals surface area (Å²) in [6.45, 7) is 13.8. The first-order valence-corrected chi connectivity index (χ1v) is 7.45. The molecule has 0 atom stereocenters. The highest BCUT2D eigenvalue weighted by Crippen LogP contribution is 2.43. The van der Waals surface area contributed by atoms with E-state index in [1.54, 1.807) is 5.56 Å². The van der Waals surface area contributed by atoms with Crippen molar-refractivity contribution in [3.8, 4) is 0 Å². The van der Waals surface area contributed by atoms with Crippen molar-refractivity contribution in [3.63, 3.8) is 0 Å². The van der Waals surface area contributed by atoms with Crippen LogP contribution >= 0.6 is 23.1 Å². The number of thioether (sulfide) groups is 1. The van der Waals surface area contributed by atoms with Crippen molar-refractivity contribution in [2.45, 2.75) is 56.6 Å². The lowest BCUT2D eigenvalue weighted by Crippen LogP contribution is -2.20. The Kier molecular flexibility index (Phi) is 3.62. The molecule has 0 aromatic carbocycles. The smallest absolute Gasteiger partial charge is 0.0636 e. The van der Waals surface area contributed by atoms with Gasteiger partial charge in [0.1, 0.15) is 0 Å². The van der Waals surface area contributed by atoms with Crippen LogP contribution in [0.4, 0.5) is 0 Å². The fourth-order valence-electron chi connectivity index (χ4n) is 1.75. The van der Waals surface area contributed by atoms with Crippen LogP contribution in [-0.4, -0.2) is 6.26 Å². The molecule has 0 aliphatic heterocycles. The molecule has 0 fully saturated rings. The number of rotatable bonds is 1. The van der Waals surface area contributed by atoms with Crippen molar-refractivity contribution < 1.29 is 0 Å². The summed E-state index contributed by atoms with van der Waals surface area (Å²) in [5, 5.41) is 2.34. The van der Waals surface area contributed by atoms with E-state index in [1.807, 2.05) is 23.1 Å². The molecule has 86 valence electrons. The molecule has 1 aromatic heterocycles. The van der Waals surface area contributed by atoms with Gasteiger partial charge in [0.2, 0.25) is 0 Å². The SMILES string of the molecule is CSc1scc(C(C)(C)C)c1C(C)(C)C. The van der Waals surface area contributed by atoms with E-state index in [0.717, 1.165) is 0 Å². The van der Waals surface area contributed by atoms with Crippen molar-refractivity contribution in [1.82, 2.24) is 0 Å². The van der Waals surface area contributed by atoms with E-state index in [2.05, 4.69) is 53.2 Å². The van der Waals surface area contributed by atoms with Crippen LogP contribution in [0.25, 0.3) is 0 Å². The molecule has 0 radical (unpaired) electrons. The Bertz CT molecular complexity index is 334. The third-order valence-electron chi connectivity index (χ3n) is 2.50. The normalized spacial score (nSPS) is 13.3. The molecule has 0 bridgehead atoms. The van der Waals surface area contributed by atoms with E-state index in [-0.39, 0.29) is 10.8 Å². The number of hydrogen-bond donors (Lipinski definition) is 0. The van der Waals surface area contributed by atoms with Gasteiger partial charge < -0.3 is 0 Å². The van der Waals surface area contributed by atoms with Crippen LogP contribution in [0.2, 0.25) is 0 Å². The highest BCUT2D eigenvalue weighted by Gasteiger charge is 2.28. The first kappa shape index (κ1) is 13.1. The zero-order valence-corrected chi connectivity index (χ0v) is 12.5. The monoisotopic (exact) mass is 242 g/mol. The van der Waals surface area contributed by atoms with E-state index in [4.69, 9.17) is 0 Å². The second-order valence-corrected chi connectivity index (χ2v) is 7.97. The van der Waals surface area contributed by atoms with Crippen LogP contribution in [0.3, 0.4) is 0 Å². The van der Waals surface area contributed by atoms with Gasteiger partial charge in [-0.2, -0.15) is 0 Å². The van der Waals surface area contributed by atoms with Gasteiger partial charge in [0.15, 0.2) is 0 Å². The zero-order chi connectivity index (χ0) is 11.9. The van der Waals surface area contributed by atoms with Crippen LogP contribution in [0.15, 0.2) is 9.59 Å². The topological polar surface area (TPSA) is 0 Å². The van der Waals surface area contributed by atoms with E-state index in [9.17, 15) is 0 Å². The molecule has 0 N–H and O–H groups in total. The second kappa shape index (κ2) is 4.14. The van der Waals surface area contributed by atoms with Crippen molar-refractivity contribution in [2.24, 2.45) is 0 Å². The summed E-state index contributed by atoms with van der Waals surface area (Å²) < 4.78 is 1.48. The molecule has 1 heterocycles. The van der Waals surface area contributed by atoms with Crippen molar-refractivity contribution in [2.75, 3.05) is 6.26 Å². The Hall–Kier alpha value is 0.0500. The predicted octanol–water partition coefficient (Wildman–Crippen LogP) is 5.07. The molecule has 1 rings (SSSR count). The fourth-order valence-corrected chi connectivity index (χ4v) is 4.13. The molecule has 0 saturated carbocycles. The van der Waals surface area contributed by atoms with Crippen LogP contribution in [0.5, 0.6) is 0 Å². The Labute approximate surface area is 102 Å². The Balaban J connectivity index is 3.37. The summed E-state index contributed by atoms with van der Waals surface area (Å²) in [7, 11) is 0. The van der Waals surface area contributed by atoms with Crippen LogP contribution in [0, 0.1) is 0 Å².